The number of carbonyl (C=O) groups is 2. The first-order valence-corrected chi connectivity index (χ1v) is 6.38. The van der Waals surface area contributed by atoms with Crippen LogP contribution in [0.25, 0.3) is 0 Å². The van der Waals surface area contributed by atoms with Crippen LogP contribution in [0.2, 0.25) is 0 Å². The van der Waals surface area contributed by atoms with Gasteiger partial charge in [-0.05, 0) is 19.4 Å². The second-order valence-electron chi connectivity index (χ2n) is 4.93. The van der Waals surface area contributed by atoms with Crippen LogP contribution in [0, 0.1) is 5.82 Å². The van der Waals surface area contributed by atoms with Gasteiger partial charge in [0.05, 0.1) is 13.7 Å². The van der Waals surface area contributed by atoms with Gasteiger partial charge in [-0.1, -0.05) is 13.0 Å². The maximum atomic E-state index is 13.9. The normalized spacial score (nSPS) is 22.1. The largest absolute Gasteiger partial charge is 0.497 e. The van der Waals surface area contributed by atoms with Crippen molar-refractivity contribution >= 4 is 11.9 Å². The third-order valence-corrected chi connectivity index (χ3v) is 3.83. The SMILES string of the molecule is CCC1(C)C(=O)NC(=O)N1Cc1ccc(OC)cc1F. The topological polar surface area (TPSA) is 58.6 Å². The van der Waals surface area contributed by atoms with Crippen LogP contribution >= 0.6 is 0 Å². The highest BCUT2D eigenvalue weighted by atomic mass is 19.1. The van der Waals surface area contributed by atoms with Crippen molar-refractivity contribution < 1.29 is 18.7 Å². The van der Waals surface area contributed by atoms with E-state index < -0.39 is 17.4 Å². The summed E-state index contributed by atoms with van der Waals surface area (Å²) in [5.74, 6) is -0.402. The van der Waals surface area contributed by atoms with Crippen LogP contribution in [0.5, 0.6) is 5.75 Å². The number of hydrogen-bond donors (Lipinski definition) is 1. The lowest BCUT2D eigenvalue weighted by Gasteiger charge is -2.30. The Hall–Kier alpha value is -2.11. The van der Waals surface area contributed by atoms with Crippen LogP contribution in [0.1, 0.15) is 25.8 Å². The fraction of sp³-hybridized carbons (Fsp3) is 0.429. The molecule has 0 aliphatic carbocycles. The molecule has 2 rings (SSSR count). The summed E-state index contributed by atoms with van der Waals surface area (Å²) in [5, 5.41) is 2.27. The first-order valence-electron chi connectivity index (χ1n) is 6.38. The number of methoxy groups -OCH3 is 1. The highest BCUT2D eigenvalue weighted by Gasteiger charge is 2.47. The first-order chi connectivity index (χ1) is 9.42. The number of amides is 3. The van der Waals surface area contributed by atoms with Gasteiger partial charge in [-0.2, -0.15) is 0 Å². The smallest absolute Gasteiger partial charge is 0.325 e. The molecule has 1 saturated heterocycles. The van der Waals surface area contributed by atoms with Crippen molar-refractivity contribution in [2.45, 2.75) is 32.4 Å². The van der Waals surface area contributed by atoms with Crippen molar-refractivity contribution in [1.29, 1.82) is 0 Å². The highest BCUT2D eigenvalue weighted by molar-refractivity contribution is 6.06. The van der Waals surface area contributed by atoms with E-state index in [0.29, 0.717) is 17.7 Å². The molecular formula is C14H17FN2O3. The zero-order valence-corrected chi connectivity index (χ0v) is 11.7. The molecule has 0 spiro atoms. The minimum atomic E-state index is -0.941. The van der Waals surface area contributed by atoms with E-state index >= 15 is 0 Å². The Bertz CT molecular complexity index is 561. The van der Waals surface area contributed by atoms with Crippen molar-refractivity contribution in [3.8, 4) is 5.75 Å². The maximum absolute atomic E-state index is 13.9. The molecule has 1 atom stereocenters. The molecule has 1 heterocycles. The standard InChI is InChI=1S/C14H17FN2O3/c1-4-14(2)12(18)16-13(19)17(14)8-9-5-6-10(20-3)7-11(9)15/h5-7H,4,8H2,1-3H3,(H,16,18,19). The number of nitrogens with one attached hydrogen (secondary N) is 1. The summed E-state index contributed by atoms with van der Waals surface area (Å²) < 4.78 is 18.9. The fourth-order valence-electron chi connectivity index (χ4n) is 2.20. The van der Waals surface area contributed by atoms with Crippen LogP contribution in [-0.4, -0.2) is 29.5 Å². The lowest BCUT2D eigenvalue weighted by atomic mass is 9.97. The lowest BCUT2D eigenvalue weighted by molar-refractivity contribution is -0.126. The highest BCUT2D eigenvalue weighted by Crippen LogP contribution is 2.28. The van der Waals surface area contributed by atoms with E-state index in [2.05, 4.69) is 5.32 Å². The Labute approximate surface area is 116 Å². The van der Waals surface area contributed by atoms with E-state index in [1.807, 2.05) is 6.92 Å². The summed E-state index contributed by atoms with van der Waals surface area (Å²) >= 11 is 0. The van der Waals surface area contributed by atoms with Gasteiger partial charge in [-0.3, -0.25) is 10.1 Å². The van der Waals surface area contributed by atoms with Crippen molar-refractivity contribution in [2.75, 3.05) is 7.11 Å². The molecular weight excluding hydrogens is 263 g/mol. The van der Waals surface area contributed by atoms with E-state index in [1.165, 1.54) is 18.1 Å². The van der Waals surface area contributed by atoms with E-state index in [0.717, 1.165) is 0 Å². The number of imide groups is 1. The zero-order valence-electron chi connectivity index (χ0n) is 11.7. The van der Waals surface area contributed by atoms with Crippen LogP contribution in [0.15, 0.2) is 18.2 Å². The second-order valence-corrected chi connectivity index (χ2v) is 4.93. The predicted octanol–water partition coefficient (Wildman–Crippen LogP) is 2.05. The Morgan fingerprint density at radius 3 is 2.65 bits per heavy atom. The molecule has 1 N–H and O–H groups in total. The average Bonchev–Trinajstić information content (AvgIpc) is 2.64. The van der Waals surface area contributed by atoms with Crippen molar-refractivity contribution in [2.24, 2.45) is 0 Å². The molecule has 1 fully saturated rings. The zero-order chi connectivity index (χ0) is 14.9. The van der Waals surface area contributed by atoms with E-state index in [-0.39, 0.29) is 12.5 Å². The average molecular weight is 280 g/mol. The van der Waals surface area contributed by atoms with Crippen LogP contribution < -0.4 is 10.1 Å². The van der Waals surface area contributed by atoms with Gasteiger partial charge in [-0.15, -0.1) is 0 Å². The first kappa shape index (κ1) is 14.3. The lowest BCUT2D eigenvalue weighted by Crippen LogP contribution is -2.46. The van der Waals surface area contributed by atoms with E-state index in [9.17, 15) is 14.0 Å². The number of carbonyl (C=O) groups excluding carboxylic acids is 2. The molecule has 20 heavy (non-hydrogen) atoms. The minimum absolute atomic E-state index is 0.0394. The number of nitrogens with zero attached hydrogens (tertiary/aromatic N) is 1. The van der Waals surface area contributed by atoms with Gasteiger partial charge >= 0.3 is 6.03 Å². The number of rotatable bonds is 4. The van der Waals surface area contributed by atoms with Gasteiger partial charge in [0.1, 0.15) is 17.1 Å². The molecule has 0 bridgehead atoms. The molecule has 1 aliphatic rings. The second kappa shape index (κ2) is 5.11. The molecule has 0 radical (unpaired) electrons. The molecule has 6 heteroatoms. The number of urea groups is 1. The number of ether oxygens (including phenoxy) is 1. The predicted molar refractivity (Wildman–Crippen MR) is 70.7 cm³/mol. The third-order valence-electron chi connectivity index (χ3n) is 3.83. The summed E-state index contributed by atoms with van der Waals surface area (Å²) in [5.41, 5.74) is -0.598. The van der Waals surface area contributed by atoms with E-state index in [4.69, 9.17) is 4.74 Å². The van der Waals surface area contributed by atoms with Gasteiger partial charge in [0.2, 0.25) is 0 Å². The van der Waals surface area contributed by atoms with Gasteiger partial charge in [0.15, 0.2) is 0 Å². The van der Waals surface area contributed by atoms with Crippen LogP contribution in [0.3, 0.4) is 0 Å². The molecule has 0 saturated carbocycles. The quantitative estimate of drug-likeness (QED) is 0.859. The monoisotopic (exact) mass is 280 g/mol. The van der Waals surface area contributed by atoms with Crippen molar-refractivity contribution in [3.63, 3.8) is 0 Å². The van der Waals surface area contributed by atoms with Gasteiger partial charge in [0, 0.05) is 11.6 Å². The number of benzene rings is 1. The molecule has 108 valence electrons. The molecule has 3 amide bonds. The molecule has 5 nitrogen and oxygen atoms in total. The van der Waals surface area contributed by atoms with Crippen molar-refractivity contribution in [1.82, 2.24) is 10.2 Å². The Balaban J connectivity index is 2.29. The Kier molecular flexibility index (Phi) is 3.65. The third kappa shape index (κ3) is 2.21. The summed E-state index contributed by atoms with van der Waals surface area (Å²) in [6.07, 6.45) is 0.461. The minimum Gasteiger partial charge on any atom is -0.497 e. The number of hydrogen-bond acceptors (Lipinski definition) is 3. The molecule has 1 unspecified atom stereocenters. The Morgan fingerprint density at radius 2 is 2.10 bits per heavy atom. The van der Waals surface area contributed by atoms with E-state index in [1.54, 1.807) is 19.1 Å². The van der Waals surface area contributed by atoms with Gasteiger partial charge < -0.3 is 9.64 Å². The fourth-order valence-corrected chi connectivity index (χ4v) is 2.20. The number of halogens is 1. The van der Waals surface area contributed by atoms with Crippen molar-refractivity contribution in [3.05, 3.63) is 29.6 Å². The maximum Gasteiger partial charge on any atom is 0.325 e. The summed E-state index contributed by atoms with van der Waals surface area (Å²) in [6.45, 7) is 3.53. The summed E-state index contributed by atoms with van der Waals surface area (Å²) in [4.78, 5) is 25.0. The summed E-state index contributed by atoms with van der Waals surface area (Å²) in [6, 6.07) is 3.95. The molecule has 0 aromatic heterocycles. The van der Waals surface area contributed by atoms with Crippen LogP contribution in [0.4, 0.5) is 9.18 Å². The van der Waals surface area contributed by atoms with Crippen LogP contribution in [-0.2, 0) is 11.3 Å². The molecule has 1 aromatic rings. The van der Waals surface area contributed by atoms with Gasteiger partial charge in [0.25, 0.3) is 5.91 Å². The van der Waals surface area contributed by atoms with Gasteiger partial charge in [-0.25, -0.2) is 9.18 Å². The molecule has 1 aromatic carbocycles. The summed E-state index contributed by atoms with van der Waals surface area (Å²) in [7, 11) is 1.45. The molecule has 1 aliphatic heterocycles. The Morgan fingerprint density at radius 1 is 1.40 bits per heavy atom.